The van der Waals surface area contributed by atoms with Crippen molar-refractivity contribution < 1.29 is 9.47 Å². The molecule has 0 aromatic heterocycles. The van der Waals surface area contributed by atoms with Crippen LogP contribution in [0.3, 0.4) is 0 Å². The van der Waals surface area contributed by atoms with Crippen molar-refractivity contribution in [3.63, 3.8) is 0 Å². The molecule has 0 saturated heterocycles. The van der Waals surface area contributed by atoms with Crippen LogP contribution in [0, 0.1) is 0 Å². The molecule has 1 unspecified atom stereocenters. The van der Waals surface area contributed by atoms with Gasteiger partial charge in [0.15, 0.2) is 11.5 Å². The molecule has 1 N–H and O–H groups in total. The van der Waals surface area contributed by atoms with Gasteiger partial charge in [-0.05, 0) is 53.0 Å². The van der Waals surface area contributed by atoms with Crippen molar-refractivity contribution in [2.75, 3.05) is 7.11 Å². The first-order valence-corrected chi connectivity index (χ1v) is 9.18. The van der Waals surface area contributed by atoms with Gasteiger partial charge in [0.25, 0.3) is 0 Å². The largest absolute Gasteiger partial charge is 0.493 e. The van der Waals surface area contributed by atoms with Crippen molar-refractivity contribution in [2.24, 2.45) is 0 Å². The van der Waals surface area contributed by atoms with Crippen molar-refractivity contribution in [1.29, 1.82) is 0 Å². The Morgan fingerprint density at radius 3 is 2.67 bits per heavy atom. The number of hydrogen-bond donors (Lipinski definition) is 1. The second-order valence-corrected chi connectivity index (χ2v) is 6.94. The Morgan fingerprint density at radius 1 is 1.25 bits per heavy atom. The fourth-order valence-electron chi connectivity index (χ4n) is 2.22. The van der Waals surface area contributed by atoms with E-state index in [4.69, 9.17) is 21.1 Å². The lowest BCUT2D eigenvalue weighted by atomic mass is 10.1. The fraction of sp³-hybridized carbons (Fsp3) is 0.368. The van der Waals surface area contributed by atoms with E-state index >= 15 is 0 Å². The second kappa shape index (κ2) is 9.30. The molecular weight excluding hydrogens is 390 g/mol. The molecule has 0 spiro atoms. The molecule has 0 bridgehead atoms. The lowest BCUT2D eigenvalue weighted by Gasteiger charge is -2.16. The minimum Gasteiger partial charge on any atom is -0.493 e. The first-order valence-electron chi connectivity index (χ1n) is 8.01. The van der Waals surface area contributed by atoms with Gasteiger partial charge in [0.1, 0.15) is 6.61 Å². The molecule has 0 amide bonds. The normalized spacial score (nSPS) is 12.0. The highest BCUT2D eigenvalue weighted by Crippen LogP contribution is 2.37. The zero-order valence-corrected chi connectivity index (χ0v) is 16.6. The van der Waals surface area contributed by atoms with Crippen LogP contribution < -0.4 is 14.8 Å². The summed E-state index contributed by atoms with van der Waals surface area (Å²) in [4.78, 5) is 0. The summed E-state index contributed by atoms with van der Waals surface area (Å²) in [6.07, 6.45) is 1.09. The van der Waals surface area contributed by atoms with E-state index < -0.39 is 0 Å². The standard InChI is InChI=1S/C19H23BrClNO2/c1-4-13(2)22-11-14-9-16(20)19(18(10-14)23-3)24-12-15-7-5-6-8-17(15)21/h5-10,13,22H,4,11-12H2,1-3H3. The summed E-state index contributed by atoms with van der Waals surface area (Å²) < 4.78 is 12.3. The molecule has 0 aliphatic heterocycles. The van der Waals surface area contributed by atoms with Crippen molar-refractivity contribution >= 4 is 27.5 Å². The van der Waals surface area contributed by atoms with Crippen molar-refractivity contribution in [2.45, 2.75) is 39.5 Å². The molecule has 0 heterocycles. The molecule has 5 heteroatoms. The molecule has 3 nitrogen and oxygen atoms in total. The minimum atomic E-state index is 0.388. The van der Waals surface area contributed by atoms with Gasteiger partial charge >= 0.3 is 0 Å². The van der Waals surface area contributed by atoms with Crippen LogP contribution in [0.25, 0.3) is 0 Å². The zero-order chi connectivity index (χ0) is 17.5. The van der Waals surface area contributed by atoms with E-state index in [2.05, 4.69) is 41.2 Å². The topological polar surface area (TPSA) is 30.5 Å². The van der Waals surface area contributed by atoms with Crippen LogP contribution in [0.15, 0.2) is 40.9 Å². The van der Waals surface area contributed by atoms with E-state index in [1.807, 2.05) is 30.3 Å². The third-order valence-corrected chi connectivity index (χ3v) is 4.84. The molecule has 1 atom stereocenters. The second-order valence-electron chi connectivity index (χ2n) is 5.68. The van der Waals surface area contributed by atoms with Crippen LogP contribution in [0.5, 0.6) is 11.5 Å². The minimum absolute atomic E-state index is 0.388. The van der Waals surface area contributed by atoms with E-state index in [0.717, 1.165) is 28.6 Å². The molecule has 0 aliphatic carbocycles. The van der Waals surface area contributed by atoms with Gasteiger partial charge in [0, 0.05) is 23.2 Å². The Morgan fingerprint density at radius 2 is 2.00 bits per heavy atom. The maximum absolute atomic E-state index is 6.18. The number of benzene rings is 2. The summed E-state index contributed by atoms with van der Waals surface area (Å²) in [6.45, 7) is 5.51. The average molecular weight is 413 g/mol. The highest BCUT2D eigenvalue weighted by molar-refractivity contribution is 9.10. The fourth-order valence-corrected chi connectivity index (χ4v) is 3.01. The van der Waals surface area contributed by atoms with Crippen LogP contribution in [0.4, 0.5) is 0 Å². The van der Waals surface area contributed by atoms with Crippen LogP contribution >= 0.6 is 27.5 Å². The molecule has 0 saturated carbocycles. The molecule has 24 heavy (non-hydrogen) atoms. The van der Waals surface area contributed by atoms with Gasteiger partial charge in [-0.2, -0.15) is 0 Å². The zero-order valence-electron chi connectivity index (χ0n) is 14.2. The van der Waals surface area contributed by atoms with Crippen LogP contribution in [0.2, 0.25) is 5.02 Å². The Labute approximate surface area is 157 Å². The van der Waals surface area contributed by atoms with Crippen molar-refractivity contribution in [3.8, 4) is 11.5 Å². The summed E-state index contributed by atoms with van der Waals surface area (Å²) in [5, 5.41) is 4.17. The molecule has 0 aliphatic rings. The number of rotatable bonds is 8. The molecule has 2 rings (SSSR count). The monoisotopic (exact) mass is 411 g/mol. The first-order chi connectivity index (χ1) is 11.5. The van der Waals surface area contributed by atoms with E-state index in [1.165, 1.54) is 0 Å². The van der Waals surface area contributed by atoms with Crippen molar-refractivity contribution in [3.05, 3.63) is 57.0 Å². The van der Waals surface area contributed by atoms with E-state index in [1.54, 1.807) is 7.11 Å². The highest BCUT2D eigenvalue weighted by Gasteiger charge is 2.13. The van der Waals surface area contributed by atoms with Gasteiger partial charge in [0.05, 0.1) is 11.6 Å². The molecule has 2 aromatic rings. The molecule has 0 radical (unpaired) electrons. The average Bonchev–Trinajstić information content (AvgIpc) is 2.59. The summed E-state index contributed by atoms with van der Waals surface area (Å²) >= 11 is 9.77. The van der Waals surface area contributed by atoms with Gasteiger partial charge in [-0.3, -0.25) is 0 Å². The number of nitrogens with one attached hydrogen (secondary N) is 1. The van der Waals surface area contributed by atoms with Gasteiger partial charge in [0.2, 0.25) is 0 Å². The lowest BCUT2D eigenvalue weighted by Crippen LogP contribution is -2.24. The maximum Gasteiger partial charge on any atom is 0.175 e. The maximum atomic E-state index is 6.18. The predicted octanol–water partition coefficient (Wildman–Crippen LogP) is 5.58. The van der Waals surface area contributed by atoms with Gasteiger partial charge in [-0.15, -0.1) is 0 Å². The van der Waals surface area contributed by atoms with Crippen LogP contribution in [-0.2, 0) is 13.2 Å². The first kappa shape index (κ1) is 19.1. The third kappa shape index (κ3) is 5.13. The van der Waals surface area contributed by atoms with Crippen molar-refractivity contribution in [1.82, 2.24) is 5.32 Å². The smallest absolute Gasteiger partial charge is 0.175 e. The number of hydrogen-bond acceptors (Lipinski definition) is 3. The van der Waals surface area contributed by atoms with Crippen LogP contribution in [0.1, 0.15) is 31.4 Å². The quantitative estimate of drug-likeness (QED) is 0.614. The van der Waals surface area contributed by atoms with Gasteiger partial charge in [-0.25, -0.2) is 0 Å². The molecule has 130 valence electrons. The molecule has 0 fully saturated rings. The third-order valence-electron chi connectivity index (χ3n) is 3.89. The molecular formula is C19H23BrClNO2. The predicted molar refractivity (Wildman–Crippen MR) is 103 cm³/mol. The van der Waals surface area contributed by atoms with E-state index in [9.17, 15) is 0 Å². The van der Waals surface area contributed by atoms with E-state index in [0.29, 0.717) is 29.2 Å². The van der Waals surface area contributed by atoms with Gasteiger partial charge < -0.3 is 14.8 Å². The summed E-state index contributed by atoms with van der Waals surface area (Å²) in [5.74, 6) is 1.39. The van der Waals surface area contributed by atoms with Gasteiger partial charge in [-0.1, -0.05) is 36.7 Å². The highest BCUT2D eigenvalue weighted by atomic mass is 79.9. The Balaban J connectivity index is 2.13. The van der Waals surface area contributed by atoms with E-state index in [-0.39, 0.29) is 0 Å². The number of halogens is 2. The number of methoxy groups -OCH3 is 1. The lowest BCUT2D eigenvalue weighted by molar-refractivity contribution is 0.282. The summed E-state index contributed by atoms with van der Waals surface area (Å²) in [7, 11) is 1.65. The summed E-state index contributed by atoms with van der Waals surface area (Å²) in [6, 6.07) is 12.2. The SMILES string of the molecule is CCC(C)NCc1cc(Br)c(OCc2ccccc2Cl)c(OC)c1. The number of ether oxygens (including phenoxy) is 2. The van der Waals surface area contributed by atoms with Crippen LogP contribution in [-0.4, -0.2) is 13.2 Å². The Hall–Kier alpha value is -1.23. The Kier molecular flexibility index (Phi) is 7.40. The Bertz CT molecular complexity index is 678. The molecule has 2 aromatic carbocycles. The summed E-state index contributed by atoms with van der Waals surface area (Å²) in [5.41, 5.74) is 2.08.